The minimum atomic E-state index is -1.02. The summed E-state index contributed by atoms with van der Waals surface area (Å²) in [7, 11) is 1.43. The van der Waals surface area contributed by atoms with Gasteiger partial charge in [-0.2, -0.15) is 5.10 Å². The third-order valence-corrected chi connectivity index (χ3v) is 2.03. The third kappa shape index (κ3) is 5.40. The second-order valence-corrected chi connectivity index (χ2v) is 3.37. The Morgan fingerprint density at radius 1 is 1.47 bits per heavy atom. The lowest BCUT2D eigenvalue weighted by Gasteiger charge is -2.03. The normalized spacial score (nSPS) is 9.74. The molecule has 100 valence electrons. The van der Waals surface area contributed by atoms with Gasteiger partial charge in [0.1, 0.15) is 0 Å². The van der Waals surface area contributed by atoms with Crippen LogP contribution in [0.15, 0.2) is 42.7 Å². The predicted octanol–water partition coefficient (Wildman–Crippen LogP) is 1.91. The van der Waals surface area contributed by atoms with E-state index in [1.807, 2.05) is 6.07 Å². The van der Waals surface area contributed by atoms with E-state index in [4.69, 9.17) is 9.84 Å². The molecule has 6 nitrogen and oxygen atoms in total. The summed E-state index contributed by atoms with van der Waals surface area (Å²) >= 11 is 0. The highest BCUT2D eigenvalue weighted by Crippen LogP contribution is 2.26. The van der Waals surface area contributed by atoms with E-state index < -0.39 is 5.97 Å². The summed E-state index contributed by atoms with van der Waals surface area (Å²) in [5.74, 6) is -0.672. The molecule has 1 aromatic carbocycles. The van der Waals surface area contributed by atoms with Crippen molar-refractivity contribution in [2.75, 3.05) is 7.11 Å². The topological polar surface area (TPSA) is 95.4 Å². The Hall–Kier alpha value is -2.76. The summed E-state index contributed by atoms with van der Waals surface area (Å²) in [4.78, 5) is 10.2. The molecular weight excluding hydrogens is 248 g/mol. The van der Waals surface area contributed by atoms with Crippen LogP contribution in [0.3, 0.4) is 0 Å². The molecule has 1 heterocycles. The van der Waals surface area contributed by atoms with Crippen molar-refractivity contribution in [3.05, 3.63) is 48.3 Å². The van der Waals surface area contributed by atoms with Crippen LogP contribution in [0.5, 0.6) is 11.5 Å². The average Bonchev–Trinajstić information content (AvgIpc) is 2.97. The van der Waals surface area contributed by atoms with Crippen LogP contribution in [0, 0.1) is 0 Å². The minimum Gasteiger partial charge on any atom is -0.504 e. The molecule has 0 saturated heterocycles. The van der Waals surface area contributed by atoms with Crippen LogP contribution < -0.4 is 4.74 Å². The number of phenols is 1. The van der Waals surface area contributed by atoms with Gasteiger partial charge in [-0.3, -0.25) is 5.10 Å². The Balaban J connectivity index is 0.000000300. The minimum absolute atomic E-state index is 0.0278. The number of ether oxygens (including phenoxy) is 1. The van der Waals surface area contributed by atoms with Gasteiger partial charge in [-0.1, -0.05) is 6.07 Å². The fourth-order valence-corrected chi connectivity index (χ4v) is 1.18. The molecule has 6 heteroatoms. The number of carboxylic acid groups (broad SMARTS) is 1. The molecule has 3 N–H and O–H groups in total. The third-order valence-electron chi connectivity index (χ3n) is 2.03. The van der Waals surface area contributed by atoms with Crippen LogP contribution in [0.1, 0.15) is 5.56 Å². The summed E-state index contributed by atoms with van der Waals surface area (Å²) in [5, 5.41) is 23.8. The average molecular weight is 262 g/mol. The first kappa shape index (κ1) is 14.3. The van der Waals surface area contributed by atoms with E-state index in [0.29, 0.717) is 11.3 Å². The molecule has 2 aromatic rings. The van der Waals surface area contributed by atoms with Crippen molar-refractivity contribution in [1.82, 2.24) is 10.2 Å². The van der Waals surface area contributed by atoms with Gasteiger partial charge in [0.2, 0.25) is 0 Å². The number of aromatic amines is 1. The number of carboxylic acids is 1. The Labute approximate surface area is 110 Å². The predicted molar refractivity (Wildman–Crippen MR) is 69.9 cm³/mol. The highest BCUT2D eigenvalue weighted by molar-refractivity contribution is 5.85. The van der Waals surface area contributed by atoms with Crippen molar-refractivity contribution in [2.24, 2.45) is 0 Å². The number of nitrogens with one attached hydrogen (secondary N) is 1. The standard InChI is InChI=1S/C10H10O4.C3H4N2/c1-14-9-6-7(2-4-8(9)11)3-5-10(12)13;1-2-4-5-3-1/h2-6,11H,1H3,(H,12,13);1-3H,(H,4,5)/b5-3+;. The van der Waals surface area contributed by atoms with Gasteiger partial charge in [-0.25, -0.2) is 4.79 Å². The SMILES string of the molecule is COc1cc(/C=C/C(=O)O)ccc1O.c1cn[nH]c1. The summed E-state index contributed by atoms with van der Waals surface area (Å²) in [6.07, 6.45) is 5.90. The van der Waals surface area contributed by atoms with Crippen LogP contribution >= 0.6 is 0 Å². The number of hydrogen-bond acceptors (Lipinski definition) is 4. The number of nitrogens with zero attached hydrogens (tertiary/aromatic N) is 1. The molecule has 0 bridgehead atoms. The molecule has 2 rings (SSSR count). The lowest BCUT2D eigenvalue weighted by molar-refractivity contribution is -0.131. The molecule has 1 aromatic heterocycles. The number of hydrogen-bond donors (Lipinski definition) is 3. The highest BCUT2D eigenvalue weighted by Gasteiger charge is 2.00. The van der Waals surface area contributed by atoms with Gasteiger partial charge < -0.3 is 14.9 Å². The molecule has 0 radical (unpaired) electrons. The van der Waals surface area contributed by atoms with Crippen molar-refractivity contribution in [3.8, 4) is 11.5 Å². The first-order valence-corrected chi connectivity index (χ1v) is 5.35. The molecule has 0 fully saturated rings. The van der Waals surface area contributed by atoms with E-state index in [0.717, 1.165) is 6.08 Å². The van der Waals surface area contributed by atoms with E-state index in [1.54, 1.807) is 24.5 Å². The van der Waals surface area contributed by atoms with Crippen molar-refractivity contribution < 1.29 is 19.7 Å². The summed E-state index contributed by atoms with van der Waals surface area (Å²) in [6, 6.07) is 6.42. The molecule has 0 unspecified atom stereocenters. The van der Waals surface area contributed by atoms with E-state index in [2.05, 4.69) is 10.2 Å². The monoisotopic (exact) mass is 262 g/mol. The number of aromatic hydroxyl groups is 1. The second-order valence-electron chi connectivity index (χ2n) is 3.37. The maximum Gasteiger partial charge on any atom is 0.328 e. The van der Waals surface area contributed by atoms with E-state index in [1.165, 1.54) is 19.3 Å². The van der Waals surface area contributed by atoms with Crippen molar-refractivity contribution in [1.29, 1.82) is 0 Å². The van der Waals surface area contributed by atoms with Crippen LogP contribution in [0.2, 0.25) is 0 Å². The molecule has 0 aliphatic heterocycles. The number of aromatic nitrogens is 2. The lowest BCUT2D eigenvalue weighted by atomic mass is 10.2. The highest BCUT2D eigenvalue weighted by atomic mass is 16.5. The zero-order chi connectivity index (χ0) is 14.1. The van der Waals surface area contributed by atoms with Gasteiger partial charge in [-0.15, -0.1) is 0 Å². The molecule has 19 heavy (non-hydrogen) atoms. The molecule has 0 spiro atoms. The summed E-state index contributed by atoms with van der Waals surface area (Å²) in [6.45, 7) is 0. The van der Waals surface area contributed by atoms with Crippen molar-refractivity contribution in [2.45, 2.75) is 0 Å². The van der Waals surface area contributed by atoms with Crippen LogP contribution in [-0.4, -0.2) is 33.5 Å². The summed E-state index contributed by atoms with van der Waals surface area (Å²) in [5.41, 5.74) is 0.655. The maximum absolute atomic E-state index is 10.2. The number of aliphatic carboxylic acids is 1. The number of phenolic OH excluding ortho intramolecular Hbond substituents is 1. The Morgan fingerprint density at radius 2 is 2.26 bits per heavy atom. The summed E-state index contributed by atoms with van der Waals surface area (Å²) < 4.78 is 4.86. The van der Waals surface area contributed by atoms with Crippen LogP contribution in [0.25, 0.3) is 6.08 Å². The fourth-order valence-electron chi connectivity index (χ4n) is 1.18. The smallest absolute Gasteiger partial charge is 0.328 e. The zero-order valence-electron chi connectivity index (χ0n) is 10.3. The van der Waals surface area contributed by atoms with Crippen molar-refractivity contribution in [3.63, 3.8) is 0 Å². The van der Waals surface area contributed by atoms with Gasteiger partial charge in [0.25, 0.3) is 0 Å². The molecule has 0 aliphatic rings. The van der Waals surface area contributed by atoms with Gasteiger partial charge in [-0.05, 0) is 29.8 Å². The number of carbonyl (C=O) groups is 1. The molecule has 0 amide bonds. The van der Waals surface area contributed by atoms with Crippen molar-refractivity contribution >= 4 is 12.0 Å². The van der Waals surface area contributed by atoms with Crippen LogP contribution in [0.4, 0.5) is 0 Å². The van der Waals surface area contributed by atoms with E-state index in [-0.39, 0.29) is 5.75 Å². The van der Waals surface area contributed by atoms with Gasteiger partial charge in [0, 0.05) is 18.5 Å². The van der Waals surface area contributed by atoms with E-state index >= 15 is 0 Å². The first-order valence-electron chi connectivity index (χ1n) is 5.35. The first-order chi connectivity index (χ1) is 9.13. The maximum atomic E-state index is 10.2. The number of benzene rings is 1. The molecule has 0 aliphatic carbocycles. The molecule has 0 saturated carbocycles. The quantitative estimate of drug-likeness (QED) is 0.734. The van der Waals surface area contributed by atoms with Gasteiger partial charge in [0.05, 0.1) is 7.11 Å². The Morgan fingerprint density at radius 3 is 2.74 bits per heavy atom. The lowest BCUT2D eigenvalue weighted by Crippen LogP contribution is -1.87. The Kier molecular flexibility index (Phi) is 5.68. The molecular formula is C13H14N2O4. The number of methoxy groups -OCH3 is 1. The van der Waals surface area contributed by atoms with Gasteiger partial charge in [0.15, 0.2) is 11.5 Å². The zero-order valence-corrected chi connectivity index (χ0v) is 10.3. The van der Waals surface area contributed by atoms with Crippen LogP contribution in [-0.2, 0) is 4.79 Å². The second kappa shape index (κ2) is 7.54. The largest absolute Gasteiger partial charge is 0.504 e. The number of H-pyrrole nitrogens is 1. The fraction of sp³-hybridized carbons (Fsp3) is 0.0769. The Bertz CT molecular complexity index is 518. The molecule has 0 atom stereocenters. The number of rotatable bonds is 3. The van der Waals surface area contributed by atoms with E-state index in [9.17, 15) is 9.90 Å². The van der Waals surface area contributed by atoms with Gasteiger partial charge >= 0.3 is 5.97 Å².